The van der Waals surface area contributed by atoms with Crippen molar-refractivity contribution < 1.29 is 19.1 Å². The van der Waals surface area contributed by atoms with Crippen molar-refractivity contribution in [2.45, 2.75) is 6.92 Å². The first-order chi connectivity index (χ1) is 7.63. The van der Waals surface area contributed by atoms with Crippen LogP contribution in [0.5, 0.6) is 5.75 Å². The molecule has 84 valence electrons. The van der Waals surface area contributed by atoms with E-state index in [1.165, 1.54) is 6.07 Å². The number of ether oxygens (including phenoxy) is 1. The zero-order chi connectivity index (χ0) is 11.7. The van der Waals surface area contributed by atoms with Gasteiger partial charge in [-0.2, -0.15) is 0 Å². The van der Waals surface area contributed by atoms with Gasteiger partial charge < -0.3 is 14.3 Å². The van der Waals surface area contributed by atoms with Gasteiger partial charge in [-0.25, -0.2) is 4.79 Å². The Balaban J connectivity index is 2.56. The topological polar surface area (TPSA) is 59.7 Å². The maximum absolute atomic E-state index is 11.4. The van der Waals surface area contributed by atoms with Gasteiger partial charge in [0.05, 0.1) is 12.0 Å². The van der Waals surface area contributed by atoms with Crippen LogP contribution in [0.25, 0.3) is 11.0 Å². The van der Waals surface area contributed by atoms with Crippen LogP contribution in [0.1, 0.15) is 17.5 Å². The van der Waals surface area contributed by atoms with Gasteiger partial charge in [0.1, 0.15) is 5.58 Å². The summed E-state index contributed by atoms with van der Waals surface area (Å²) in [6, 6.07) is 4.72. The predicted molar refractivity (Wildman–Crippen MR) is 58.8 cm³/mol. The number of halogens is 1. The third-order valence-electron chi connectivity index (χ3n) is 2.08. The maximum Gasteiger partial charge on any atom is 0.378 e. The quantitative estimate of drug-likeness (QED) is 0.820. The normalized spacial score (nSPS) is 10.6. The Morgan fingerprint density at radius 1 is 1.56 bits per heavy atom. The molecule has 0 fully saturated rings. The number of hydrogen-bond acceptors (Lipinski definition) is 4. The Morgan fingerprint density at radius 2 is 2.31 bits per heavy atom. The van der Waals surface area contributed by atoms with Crippen molar-refractivity contribution in [3.8, 4) is 5.75 Å². The Hall–Kier alpha value is -1.68. The van der Waals surface area contributed by atoms with Gasteiger partial charge in [0, 0.05) is 5.02 Å². The van der Waals surface area contributed by atoms with Gasteiger partial charge in [0.15, 0.2) is 5.75 Å². The van der Waals surface area contributed by atoms with Crippen LogP contribution < -0.4 is 0 Å². The fraction of sp³-hybridized carbons (Fsp3) is 0.182. The highest BCUT2D eigenvalue weighted by atomic mass is 35.5. The molecule has 0 radical (unpaired) electrons. The molecule has 0 aliphatic heterocycles. The van der Waals surface area contributed by atoms with Crippen LogP contribution in [0.15, 0.2) is 22.6 Å². The van der Waals surface area contributed by atoms with Crippen LogP contribution in [-0.4, -0.2) is 17.7 Å². The molecular weight excluding hydrogens is 232 g/mol. The molecule has 2 rings (SSSR count). The van der Waals surface area contributed by atoms with E-state index in [2.05, 4.69) is 0 Å². The van der Waals surface area contributed by atoms with Crippen molar-refractivity contribution in [3.05, 3.63) is 29.0 Å². The molecule has 0 bridgehead atoms. The molecule has 0 saturated heterocycles. The van der Waals surface area contributed by atoms with Crippen LogP contribution in [0, 0.1) is 0 Å². The lowest BCUT2D eigenvalue weighted by Crippen LogP contribution is -2.02. The molecule has 1 aromatic heterocycles. The molecule has 0 aliphatic rings. The summed E-state index contributed by atoms with van der Waals surface area (Å²) in [7, 11) is 0. The molecule has 0 aliphatic carbocycles. The zero-order valence-corrected chi connectivity index (χ0v) is 9.25. The highest BCUT2D eigenvalue weighted by Gasteiger charge is 2.21. The van der Waals surface area contributed by atoms with Crippen LogP contribution in [-0.2, 0) is 4.74 Å². The molecule has 1 heterocycles. The summed E-state index contributed by atoms with van der Waals surface area (Å²) in [5.74, 6) is -1.12. The summed E-state index contributed by atoms with van der Waals surface area (Å²) in [5, 5.41) is 10.6. The van der Waals surface area contributed by atoms with Gasteiger partial charge in [0.2, 0.25) is 0 Å². The van der Waals surface area contributed by atoms with E-state index in [0.717, 1.165) is 0 Å². The van der Waals surface area contributed by atoms with Gasteiger partial charge >= 0.3 is 5.97 Å². The monoisotopic (exact) mass is 240 g/mol. The van der Waals surface area contributed by atoms with Crippen molar-refractivity contribution >= 4 is 28.5 Å². The summed E-state index contributed by atoms with van der Waals surface area (Å²) in [5.41, 5.74) is 0.393. The fourth-order valence-electron chi connectivity index (χ4n) is 1.39. The molecule has 2 aromatic rings. The maximum atomic E-state index is 11.4. The van der Waals surface area contributed by atoms with E-state index in [9.17, 15) is 9.90 Å². The molecule has 16 heavy (non-hydrogen) atoms. The largest absolute Gasteiger partial charge is 0.504 e. The minimum absolute atomic E-state index is 0.195. The van der Waals surface area contributed by atoms with E-state index >= 15 is 0 Å². The number of aromatic hydroxyl groups is 1. The molecule has 0 unspecified atom stereocenters. The van der Waals surface area contributed by atoms with E-state index in [1.54, 1.807) is 19.1 Å². The van der Waals surface area contributed by atoms with Gasteiger partial charge in [-0.05, 0) is 25.1 Å². The van der Waals surface area contributed by atoms with Crippen molar-refractivity contribution in [3.63, 3.8) is 0 Å². The standard InChI is InChI=1S/C11H9ClO4/c1-2-15-11(14)10-9(13)7-5-6(12)3-4-8(7)16-10/h3-5,13H,2H2,1H3. The minimum atomic E-state index is -0.688. The first-order valence-corrected chi connectivity index (χ1v) is 5.09. The number of carbonyl (C=O) groups excluding carboxylic acids is 1. The number of carbonyl (C=O) groups is 1. The summed E-state index contributed by atoms with van der Waals surface area (Å²) in [6.45, 7) is 1.89. The second kappa shape index (κ2) is 4.06. The molecule has 1 aromatic carbocycles. The van der Waals surface area contributed by atoms with Crippen molar-refractivity contribution in [2.75, 3.05) is 6.61 Å². The lowest BCUT2D eigenvalue weighted by molar-refractivity contribution is 0.0488. The molecule has 0 saturated carbocycles. The van der Waals surface area contributed by atoms with Gasteiger partial charge in [-0.1, -0.05) is 11.6 Å². The zero-order valence-electron chi connectivity index (χ0n) is 8.49. The van der Waals surface area contributed by atoms with Gasteiger partial charge in [0.25, 0.3) is 5.76 Å². The third-order valence-corrected chi connectivity index (χ3v) is 2.32. The molecular formula is C11H9ClO4. The molecule has 0 spiro atoms. The summed E-state index contributed by atoms with van der Waals surface area (Å²) >= 11 is 5.77. The molecule has 0 amide bonds. The van der Waals surface area contributed by atoms with Crippen LogP contribution in [0.3, 0.4) is 0 Å². The second-order valence-electron chi connectivity index (χ2n) is 3.14. The lowest BCUT2D eigenvalue weighted by Gasteiger charge is -1.97. The first-order valence-electron chi connectivity index (χ1n) is 4.71. The fourth-order valence-corrected chi connectivity index (χ4v) is 1.56. The summed E-state index contributed by atoms with van der Waals surface area (Å²) < 4.78 is 9.93. The molecule has 0 atom stereocenters. The average molecular weight is 241 g/mol. The Labute approximate surface area is 96.4 Å². The number of benzene rings is 1. The van der Waals surface area contributed by atoms with Gasteiger partial charge in [-0.15, -0.1) is 0 Å². The first kappa shape index (κ1) is 10.8. The predicted octanol–water partition coefficient (Wildman–Crippen LogP) is 2.97. The second-order valence-corrected chi connectivity index (χ2v) is 3.58. The SMILES string of the molecule is CCOC(=O)c1oc2ccc(Cl)cc2c1O. The van der Waals surface area contributed by atoms with Crippen molar-refractivity contribution in [2.24, 2.45) is 0 Å². The number of furan rings is 1. The Bertz CT molecular complexity index is 544. The van der Waals surface area contributed by atoms with Crippen molar-refractivity contribution in [1.29, 1.82) is 0 Å². The molecule has 5 heteroatoms. The Morgan fingerprint density at radius 3 is 3.00 bits per heavy atom. The highest BCUT2D eigenvalue weighted by molar-refractivity contribution is 6.31. The van der Waals surface area contributed by atoms with E-state index in [1.807, 2.05) is 0 Å². The van der Waals surface area contributed by atoms with Crippen molar-refractivity contribution in [1.82, 2.24) is 0 Å². The van der Waals surface area contributed by atoms with Crippen LogP contribution >= 0.6 is 11.6 Å². The summed E-state index contributed by atoms with van der Waals surface area (Å²) in [4.78, 5) is 11.4. The summed E-state index contributed by atoms with van der Waals surface area (Å²) in [6.07, 6.45) is 0. The van der Waals surface area contributed by atoms with Crippen LogP contribution in [0.4, 0.5) is 0 Å². The van der Waals surface area contributed by atoms with E-state index in [4.69, 9.17) is 20.8 Å². The highest BCUT2D eigenvalue weighted by Crippen LogP contribution is 2.34. The molecule has 4 nitrogen and oxygen atoms in total. The Kier molecular flexibility index (Phi) is 2.75. The minimum Gasteiger partial charge on any atom is -0.504 e. The number of hydrogen-bond donors (Lipinski definition) is 1. The van der Waals surface area contributed by atoms with Gasteiger partial charge in [-0.3, -0.25) is 0 Å². The van der Waals surface area contributed by atoms with E-state index in [0.29, 0.717) is 16.0 Å². The third kappa shape index (κ3) is 1.72. The smallest absolute Gasteiger partial charge is 0.378 e. The van der Waals surface area contributed by atoms with Crippen LogP contribution in [0.2, 0.25) is 5.02 Å². The number of fused-ring (bicyclic) bond motifs is 1. The average Bonchev–Trinajstić information content (AvgIpc) is 2.57. The van der Waals surface area contributed by atoms with E-state index in [-0.39, 0.29) is 18.1 Å². The van der Waals surface area contributed by atoms with E-state index < -0.39 is 5.97 Å². The molecule has 1 N–H and O–H groups in total. The number of esters is 1. The number of rotatable bonds is 2. The lowest BCUT2D eigenvalue weighted by atomic mass is 10.2.